The van der Waals surface area contributed by atoms with Crippen molar-refractivity contribution in [3.63, 3.8) is 0 Å². The fraction of sp³-hybridized carbons (Fsp3) is 0.625. The van der Waals surface area contributed by atoms with Crippen LogP contribution in [0.3, 0.4) is 0 Å². The number of nitrogens with two attached hydrogens (primary N) is 1. The Hall–Kier alpha value is -0.870. The van der Waals surface area contributed by atoms with Gasteiger partial charge in [0, 0.05) is 25.9 Å². The van der Waals surface area contributed by atoms with Crippen LogP contribution in [-0.2, 0) is 13.5 Å². The standard InChI is InChI=1S/C8H15N3O/c1-11-6-7(5-10-11)4-8(9)2-3-12/h5-6,8,12H,2-4,9H2,1H3. The topological polar surface area (TPSA) is 64.1 Å². The summed E-state index contributed by atoms with van der Waals surface area (Å²) < 4.78 is 1.75. The third kappa shape index (κ3) is 2.64. The first-order valence-electron chi connectivity index (χ1n) is 4.06. The van der Waals surface area contributed by atoms with Crippen LogP contribution in [0.15, 0.2) is 12.4 Å². The molecule has 1 rings (SSSR count). The molecular formula is C8H15N3O. The zero-order valence-corrected chi connectivity index (χ0v) is 7.27. The summed E-state index contributed by atoms with van der Waals surface area (Å²) in [6.45, 7) is 0.154. The summed E-state index contributed by atoms with van der Waals surface area (Å²) in [6.07, 6.45) is 5.18. The summed E-state index contributed by atoms with van der Waals surface area (Å²) in [4.78, 5) is 0. The van der Waals surface area contributed by atoms with Gasteiger partial charge in [0.05, 0.1) is 6.20 Å². The van der Waals surface area contributed by atoms with E-state index < -0.39 is 0 Å². The molecule has 0 amide bonds. The summed E-state index contributed by atoms with van der Waals surface area (Å²) in [6, 6.07) is 0.0409. The molecule has 0 fully saturated rings. The largest absolute Gasteiger partial charge is 0.396 e. The van der Waals surface area contributed by atoms with Crippen molar-refractivity contribution in [3.05, 3.63) is 18.0 Å². The maximum atomic E-state index is 8.62. The lowest BCUT2D eigenvalue weighted by Gasteiger charge is -2.06. The molecule has 0 bridgehead atoms. The zero-order chi connectivity index (χ0) is 8.97. The number of hydrogen-bond donors (Lipinski definition) is 2. The van der Waals surface area contributed by atoms with Gasteiger partial charge in [-0.25, -0.2) is 0 Å². The van der Waals surface area contributed by atoms with E-state index in [2.05, 4.69) is 5.10 Å². The molecule has 0 saturated heterocycles. The van der Waals surface area contributed by atoms with Crippen LogP contribution in [0, 0.1) is 0 Å². The average molecular weight is 169 g/mol. The van der Waals surface area contributed by atoms with Crippen molar-refractivity contribution in [2.75, 3.05) is 6.61 Å². The normalized spacial score (nSPS) is 13.2. The molecule has 3 N–H and O–H groups in total. The van der Waals surface area contributed by atoms with Crippen LogP contribution >= 0.6 is 0 Å². The maximum Gasteiger partial charge on any atom is 0.0522 e. The highest BCUT2D eigenvalue weighted by Crippen LogP contribution is 2.01. The molecule has 0 aliphatic rings. The molecule has 0 saturated carbocycles. The van der Waals surface area contributed by atoms with E-state index in [-0.39, 0.29) is 12.6 Å². The molecule has 4 heteroatoms. The Morgan fingerprint density at radius 1 is 1.75 bits per heavy atom. The van der Waals surface area contributed by atoms with Gasteiger partial charge < -0.3 is 10.8 Å². The van der Waals surface area contributed by atoms with Gasteiger partial charge in [-0.2, -0.15) is 5.10 Å². The first kappa shape index (κ1) is 9.22. The van der Waals surface area contributed by atoms with Gasteiger partial charge in [-0.05, 0) is 18.4 Å². The summed E-state index contributed by atoms with van der Waals surface area (Å²) in [5.41, 5.74) is 6.85. The lowest BCUT2D eigenvalue weighted by atomic mass is 10.1. The molecule has 0 aliphatic heterocycles. The predicted molar refractivity (Wildman–Crippen MR) is 46.6 cm³/mol. The van der Waals surface area contributed by atoms with Crippen LogP contribution in [0.5, 0.6) is 0 Å². The fourth-order valence-electron chi connectivity index (χ4n) is 1.15. The number of nitrogens with zero attached hydrogens (tertiary/aromatic N) is 2. The Morgan fingerprint density at radius 2 is 2.50 bits per heavy atom. The van der Waals surface area contributed by atoms with E-state index in [1.807, 2.05) is 13.2 Å². The Kier molecular flexibility index (Phi) is 3.25. The van der Waals surface area contributed by atoms with Gasteiger partial charge in [-0.15, -0.1) is 0 Å². The van der Waals surface area contributed by atoms with Crippen LogP contribution in [0.4, 0.5) is 0 Å². The number of aliphatic hydroxyl groups excluding tert-OH is 1. The van der Waals surface area contributed by atoms with Crippen molar-refractivity contribution in [3.8, 4) is 0 Å². The number of hydrogen-bond acceptors (Lipinski definition) is 3. The summed E-state index contributed by atoms with van der Waals surface area (Å²) in [5.74, 6) is 0. The molecule has 1 unspecified atom stereocenters. The summed E-state index contributed by atoms with van der Waals surface area (Å²) >= 11 is 0. The van der Waals surface area contributed by atoms with E-state index >= 15 is 0 Å². The second kappa shape index (κ2) is 4.23. The molecule has 0 aromatic carbocycles. The molecule has 0 radical (unpaired) electrons. The number of aliphatic hydroxyl groups is 1. The molecular weight excluding hydrogens is 154 g/mol. The zero-order valence-electron chi connectivity index (χ0n) is 7.27. The van der Waals surface area contributed by atoms with E-state index in [4.69, 9.17) is 10.8 Å². The van der Waals surface area contributed by atoms with Crippen molar-refractivity contribution in [1.82, 2.24) is 9.78 Å². The van der Waals surface area contributed by atoms with Gasteiger partial charge in [0.15, 0.2) is 0 Å². The smallest absolute Gasteiger partial charge is 0.0522 e. The van der Waals surface area contributed by atoms with Crippen molar-refractivity contribution in [2.24, 2.45) is 12.8 Å². The molecule has 0 aliphatic carbocycles. The molecule has 0 spiro atoms. The first-order valence-corrected chi connectivity index (χ1v) is 4.06. The van der Waals surface area contributed by atoms with Crippen LogP contribution in [0.25, 0.3) is 0 Å². The second-order valence-corrected chi connectivity index (χ2v) is 3.00. The predicted octanol–water partition coefficient (Wildman–Crippen LogP) is -0.328. The first-order chi connectivity index (χ1) is 5.72. The molecule has 68 valence electrons. The molecule has 1 aromatic rings. The third-order valence-electron chi connectivity index (χ3n) is 1.76. The molecule has 1 heterocycles. The van der Waals surface area contributed by atoms with E-state index in [1.165, 1.54) is 0 Å². The van der Waals surface area contributed by atoms with Crippen LogP contribution in [0.1, 0.15) is 12.0 Å². The number of aryl methyl sites for hydroxylation is 1. The minimum atomic E-state index is 0.0409. The number of rotatable bonds is 4. The Morgan fingerprint density at radius 3 is 3.00 bits per heavy atom. The van der Waals surface area contributed by atoms with Gasteiger partial charge in [0.1, 0.15) is 0 Å². The van der Waals surface area contributed by atoms with Gasteiger partial charge in [0.2, 0.25) is 0 Å². The molecule has 12 heavy (non-hydrogen) atoms. The van der Waals surface area contributed by atoms with Gasteiger partial charge in [-0.1, -0.05) is 0 Å². The maximum absolute atomic E-state index is 8.62. The third-order valence-corrected chi connectivity index (χ3v) is 1.76. The SMILES string of the molecule is Cn1cc(CC(N)CCO)cn1. The average Bonchev–Trinajstić information content (AvgIpc) is 2.36. The van der Waals surface area contributed by atoms with Crippen molar-refractivity contribution >= 4 is 0 Å². The summed E-state index contributed by atoms with van der Waals surface area (Å²) in [7, 11) is 1.88. The van der Waals surface area contributed by atoms with Crippen LogP contribution in [-0.4, -0.2) is 27.5 Å². The second-order valence-electron chi connectivity index (χ2n) is 3.00. The van der Waals surface area contributed by atoms with E-state index in [1.54, 1.807) is 10.9 Å². The van der Waals surface area contributed by atoms with Crippen molar-refractivity contribution in [1.29, 1.82) is 0 Å². The van der Waals surface area contributed by atoms with Gasteiger partial charge in [-0.3, -0.25) is 4.68 Å². The Bertz CT molecular complexity index is 234. The van der Waals surface area contributed by atoms with Crippen molar-refractivity contribution in [2.45, 2.75) is 18.9 Å². The van der Waals surface area contributed by atoms with Crippen molar-refractivity contribution < 1.29 is 5.11 Å². The van der Waals surface area contributed by atoms with E-state index in [0.29, 0.717) is 6.42 Å². The minimum Gasteiger partial charge on any atom is -0.396 e. The monoisotopic (exact) mass is 169 g/mol. The Balaban J connectivity index is 2.41. The fourth-order valence-corrected chi connectivity index (χ4v) is 1.15. The minimum absolute atomic E-state index is 0.0409. The molecule has 1 atom stereocenters. The number of aromatic nitrogens is 2. The summed E-state index contributed by atoms with van der Waals surface area (Å²) in [5, 5.41) is 12.6. The Labute approximate surface area is 72.0 Å². The van der Waals surface area contributed by atoms with Crippen LogP contribution in [0.2, 0.25) is 0 Å². The highest BCUT2D eigenvalue weighted by atomic mass is 16.3. The highest BCUT2D eigenvalue weighted by molar-refractivity contribution is 5.05. The van der Waals surface area contributed by atoms with E-state index in [0.717, 1.165) is 12.0 Å². The van der Waals surface area contributed by atoms with E-state index in [9.17, 15) is 0 Å². The quantitative estimate of drug-likeness (QED) is 0.649. The molecule has 1 aromatic heterocycles. The van der Waals surface area contributed by atoms with Crippen LogP contribution < -0.4 is 5.73 Å². The lowest BCUT2D eigenvalue weighted by molar-refractivity contribution is 0.275. The van der Waals surface area contributed by atoms with Gasteiger partial charge in [0.25, 0.3) is 0 Å². The highest BCUT2D eigenvalue weighted by Gasteiger charge is 2.04. The molecule has 4 nitrogen and oxygen atoms in total. The lowest BCUT2D eigenvalue weighted by Crippen LogP contribution is -2.23. The van der Waals surface area contributed by atoms with Gasteiger partial charge >= 0.3 is 0 Å².